The predicted molar refractivity (Wildman–Crippen MR) is 66.0 cm³/mol. The van der Waals surface area contributed by atoms with E-state index in [-0.39, 0.29) is 0 Å². The molecule has 1 saturated heterocycles. The molecular weight excluding hydrogens is 266 g/mol. The minimum atomic E-state index is 1.08. The number of thioether (sulfide) groups is 2. The van der Waals surface area contributed by atoms with Crippen molar-refractivity contribution in [2.45, 2.75) is 6.92 Å². The number of aryl methyl sites for hydroxylation is 1. The molecule has 1 aliphatic rings. The van der Waals surface area contributed by atoms with E-state index >= 15 is 0 Å². The molecule has 2 rings (SSSR count). The number of hydrogen-bond acceptors (Lipinski definition) is 3. The highest BCUT2D eigenvalue weighted by molar-refractivity contribution is 9.10. The van der Waals surface area contributed by atoms with Crippen LogP contribution in [0.1, 0.15) is 5.56 Å². The van der Waals surface area contributed by atoms with Crippen LogP contribution in [0.2, 0.25) is 0 Å². The van der Waals surface area contributed by atoms with Gasteiger partial charge in [0.25, 0.3) is 0 Å². The minimum Gasteiger partial charge on any atom is -0.235 e. The molecule has 1 aromatic carbocycles. The zero-order chi connectivity index (χ0) is 9.26. The smallest absolute Gasteiger partial charge is 0.132 e. The van der Waals surface area contributed by atoms with Crippen LogP contribution in [0.15, 0.2) is 27.7 Å². The van der Waals surface area contributed by atoms with Crippen molar-refractivity contribution in [3.63, 3.8) is 0 Å². The van der Waals surface area contributed by atoms with Gasteiger partial charge in [-0.1, -0.05) is 39.5 Å². The summed E-state index contributed by atoms with van der Waals surface area (Å²) in [4.78, 5) is 4.53. The van der Waals surface area contributed by atoms with E-state index < -0.39 is 0 Å². The Kier molecular flexibility index (Phi) is 3.01. The van der Waals surface area contributed by atoms with Crippen LogP contribution in [0.4, 0.5) is 5.69 Å². The van der Waals surface area contributed by atoms with Gasteiger partial charge < -0.3 is 0 Å². The molecule has 0 N–H and O–H groups in total. The summed E-state index contributed by atoms with van der Waals surface area (Å²) >= 11 is 7.06. The molecule has 1 fully saturated rings. The summed E-state index contributed by atoms with van der Waals surface area (Å²) in [5.41, 5.74) is 2.30. The number of nitrogens with zero attached hydrogens (tertiary/aromatic N) is 1. The first-order chi connectivity index (χ1) is 6.25. The van der Waals surface area contributed by atoms with Gasteiger partial charge in [0.05, 0.1) is 10.8 Å². The second-order valence-electron chi connectivity index (χ2n) is 2.72. The number of halogens is 1. The molecule has 0 spiro atoms. The van der Waals surface area contributed by atoms with Gasteiger partial charge in [0.1, 0.15) is 4.38 Å². The average Bonchev–Trinajstić information content (AvgIpc) is 1.99. The van der Waals surface area contributed by atoms with Crippen molar-refractivity contribution in [1.29, 1.82) is 0 Å². The number of hydrogen-bond donors (Lipinski definition) is 0. The van der Waals surface area contributed by atoms with Crippen molar-refractivity contribution < 1.29 is 0 Å². The molecule has 0 aliphatic carbocycles. The first-order valence-electron chi connectivity index (χ1n) is 3.86. The lowest BCUT2D eigenvalue weighted by atomic mass is 10.2. The lowest BCUT2D eigenvalue weighted by molar-refractivity contribution is 1.39. The monoisotopic (exact) mass is 273 g/mol. The Hall–Kier alpha value is 0.0700. The maximum absolute atomic E-state index is 4.53. The summed E-state index contributed by atoms with van der Waals surface area (Å²) in [6, 6.07) is 6.17. The van der Waals surface area contributed by atoms with E-state index in [9.17, 15) is 0 Å². The van der Waals surface area contributed by atoms with Gasteiger partial charge in [-0.15, -0.1) is 0 Å². The van der Waals surface area contributed by atoms with Crippen molar-refractivity contribution in [2.75, 3.05) is 5.08 Å². The molecule has 1 aromatic rings. The Balaban J connectivity index is 2.29. The Labute approximate surface area is 94.5 Å². The van der Waals surface area contributed by atoms with Crippen LogP contribution in [-0.2, 0) is 0 Å². The van der Waals surface area contributed by atoms with E-state index in [1.54, 1.807) is 0 Å². The highest BCUT2D eigenvalue weighted by Crippen LogP contribution is 2.35. The second-order valence-corrected chi connectivity index (χ2v) is 6.18. The summed E-state index contributed by atoms with van der Waals surface area (Å²) < 4.78 is 2.30. The highest BCUT2D eigenvalue weighted by atomic mass is 79.9. The van der Waals surface area contributed by atoms with Crippen LogP contribution < -0.4 is 0 Å². The quantitative estimate of drug-likeness (QED) is 0.761. The van der Waals surface area contributed by atoms with Crippen molar-refractivity contribution in [1.82, 2.24) is 0 Å². The van der Waals surface area contributed by atoms with Crippen molar-refractivity contribution in [2.24, 2.45) is 4.99 Å². The fraction of sp³-hybridized carbons (Fsp3) is 0.222. The van der Waals surface area contributed by atoms with Gasteiger partial charge in [-0.2, -0.15) is 0 Å². The predicted octanol–water partition coefficient (Wildman–Crippen LogP) is 4.18. The van der Waals surface area contributed by atoms with E-state index in [1.165, 1.54) is 9.94 Å². The lowest BCUT2D eigenvalue weighted by Gasteiger charge is -2.13. The highest BCUT2D eigenvalue weighted by Gasteiger charge is 2.12. The standard InChI is InChI=1S/C9H8BrNS2/c1-6-4-7(10)2-3-8(6)11-9-12-5-13-9/h2-4H,5H2,1H3. The maximum Gasteiger partial charge on any atom is 0.132 e. The van der Waals surface area contributed by atoms with Crippen molar-refractivity contribution in [3.05, 3.63) is 28.2 Å². The zero-order valence-corrected chi connectivity index (χ0v) is 10.3. The number of aliphatic imine (C=N–C) groups is 1. The minimum absolute atomic E-state index is 1.08. The zero-order valence-electron chi connectivity index (χ0n) is 7.08. The van der Waals surface area contributed by atoms with Crippen molar-refractivity contribution in [3.8, 4) is 0 Å². The van der Waals surface area contributed by atoms with Gasteiger partial charge >= 0.3 is 0 Å². The van der Waals surface area contributed by atoms with Crippen LogP contribution >= 0.6 is 39.5 Å². The molecule has 1 nitrogen and oxygen atoms in total. The molecule has 0 amide bonds. The van der Waals surface area contributed by atoms with Gasteiger partial charge in [-0.3, -0.25) is 0 Å². The molecule has 0 unspecified atom stereocenters. The Morgan fingerprint density at radius 1 is 1.38 bits per heavy atom. The Morgan fingerprint density at radius 3 is 2.69 bits per heavy atom. The molecule has 4 heteroatoms. The molecule has 0 saturated carbocycles. The Bertz CT molecular complexity index is 357. The van der Waals surface area contributed by atoms with Gasteiger partial charge in [-0.25, -0.2) is 4.99 Å². The Morgan fingerprint density at radius 2 is 2.15 bits per heavy atom. The third kappa shape index (κ3) is 2.30. The molecule has 0 atom stereocenters. The molecule has 1 aliphatic heterocycles. The van der Waals surface area contributed by atoms with Gasteiger partial charge in [0, 0.05) is 4.47 Å². The van der Waals surface area contributed by atoms with E-state index in [0.29, 0.717) is 0 Å². The lowest BCUT2D eigenvalue weighted by Crippen LogP contribution is -1.97. The summed E-state index contributed by atoms with van der Waals surface area (Å²) in [5, 5.41) is 1.15. The number of benzene rings is 1. The van der Waals surface area contributed by atoms with E-state index in [0.717, 1.165) is 15.2 Å². The van der Waals surface area contributed by atoms with Crippen LogP contribution in [0, 0.1) is 6.92 Å². The summed E-state index contributed by atoms with van der Waals surface area (Å²) in [7, 11) is 0. The van der Waals surface area contributed by atoms with E-state index in [1.807, 2.05) is 35.7 Å². The van der Waals surface area contributed by atoms with E-state index in [4.69, 9.17) is 0 Å². The first-order valence-corrected chi connectivity index (χ1v) is 6.62. The van der Waals surface area contributed by atoms with Gasteiger partial charge in [0.2, 0.25) is 0 Å². The van der Waals surface area contributed by atoms with Crippen LogP contribution in [0.5, 0.6) is 0 Å². The molecule has 0 aromatic heterocycles. The van der Waals surface area contributed by atoms with E-state index in [2.05, 4.69) is 33.9 Å². The van der Waals surface area contributed by atoms with Crippen molar-refractivity contribution >= 4 is 49.5 Å². The molecule has 0 bridgehead atoms. The fourth-order valence-corrected chi connectivity index (χ4v) is 2.71. The molecule has 13 heavy (non-hydrogen) atoms. The number of rotatable bonds is 1. The van der Waals surface area contributed by atoms with Gasteiger partial charge in [0.15, 0.2) is 0 Å². The van der Waals surface area contributed by atoms with Crippen LogP contribution in [-0.4, -0.2) is 9.46 Å². The first kappa shape index (κ1) is 9.62. The summed E-state index contributed by atoms with van der Waals surface area (Å²) in [6.07, 6.45) is 0. The molecule has 1 heterocycles. The van der Waals surface area contributed by atoms with Gasteiger partial charge in [-0.05, 0) is 30.7 Å². The topological polar surface area (TPSA) is 12.4 Å². The third-order valence-corrected chi connectivity index (χ3v) is 4.56. The van der Waals surface area contributed by atoms with Crippen LogP contribution in [0.3, 0.4) is 0 Å². The average molecular weight is 274 g/mol. The maximum atomic E-state index is 4.53. The normalized spacial score (nSPS) is 15.4. The summed E-state index contributed by atoms with van der Waals surface area (Å²) in [5.74, 6) is 0. The third-order valence-electron chi connectivity index (χ3n) is 1.74. The van der Waals surface area contributed by atoms with Crippen LogP contribution in [0.25, 0.3) is 0 Å². The second kappa shape index (κ2) is 4.07. The summed E-state index contributed by atoms with van der Waals surface area (Å²) in [6.45, 7) is 2.08. The molecular formula is C9H8BrNS2. The molecule has 0 radical (unpaired) electrons. The molecule has 68 valence electrons. The fourth-order valence-electron chi connectivity index (χ4n) is 1.02. The largest absolute Gasteiger partial charge is 0.235 e. The SMILES string of the molecule is Cc1cc(Br)ccc1N=C1SCS1.